The second kappa shape index (κ2) is 6.89. The van der Waals surface area contributed by atoms with E-state index in [1.54, 1.807) is 4.90 Å². The number of rotatable bonds is 6. The molecule has 1 N–H and O–H groups in total. The van der Waals surface area contributed by atoms with Gasteiger partial charge in [-0.2, -0.15) is 0 Å². The lowest BCUT2D eigenvalue weighted by Crippen LogP contribution is -2.65. The zero-order chi connectivity index (χ0) is 14.6. The molecule has 110 valence electrons. The fraction of sp³-hybridized carbons (Fsp3) is 0.857. The van der Waals surface area contributed by atoms with E-state index in [-0.39, 0.29) is 29.9 Å². The molecular weight excluding hydrogens is 244 g/mol. The lowest BCUT2D eigenvalue weighted by molar-refractivity contribution is -0.152. The minimum Gasteiger partial charge on any atom is -0.377 e. The van der Waals surface area contributed by atoms with E-state index >= 15 is 0 Å². The molecule has 5 nitrogen and oxygen atoms in total. The molecule has 1 heterocycles. The third-order valence-corrected chi connectivity index (χ3v) is 3.48. The van der Waals surface area contributed by atoms with Gasteiger partial charge in [0.15, 0.2) is 0 Å². The number of nitrogens with one attached hydrogen (secondary N) is 1. The van der Waals surface area contributed by atoms with Gasteiger partial charge in [0, 0.05) is 13.2 Å². The van der Waals surface area contributed by atoms with Crippen LogP contribution in [0.4, 0.5) is 0 Å². The summed E-state index contributed by atoms with van der Waals surface area (Å²) in [5.74, 6) is 0.0525. The molecule has 5 heteroatoms. The molecule has 1 aliphatic heterocycles. The summed E-state index contributed by atoms with van der Waals surface area (Å²) in [6.45, 7) is 10.8. The summed E-state index contributed by atoms with van der Waals surface area (Å²) < 4.78 is 5.49. The van der Waals surface area contributed by atoms with Crippen molar-refractivity contribution in [3.05, 3.63) is 0 Å². The first kappa shape index (κ1) is 16.0. The van der Waals surface area contributed by atoms with Gasteiger partial charge in [0.05, 0.1) is 6.10 Å². The number of piperazine rings is 1. The van der Waals surface area contributed by atoms with Gasteiger partial charge in [-0.3, -0.25) is 9.59 Å². The smallest absolute Gasteiger partial charge is 0.246 e. The van der Waals surface area contributed by atoms with E-state index in [0.717, 1.165) is 0 Å². The molecule has 3 atom stereocenters. The molecule has 1 saturated heterocycles. The van der Waals surface area contributed by atoms with Crippen molar-refractivity contribution in [1.29, 1.82) is 0 Å². The van der Waals surface area contributed by atoms with Crippen LogP contribution in [-0.2, 0) is 14.3 Å². The maximum Gasteiger partial charge on any atom is 0.246 e. The molecule has 1 fully saturated rings. The van der Waals surface area contributed by atoms with Crippen LogP contribution in [0.1, 0.15) is 41.0 Å². The van der Waals surface area contributed by atoms with Crippen LogP contribution in [0.3, 0.4) is 0 Å². The Morgan fingerprint density at radius 1 is 1.26 bits per heavy atom. The lowest BCUT2D eigenvalue weighted by atomic mass is 9.96. The zero-order valence-corrected chi connectivity index (χ0v) is 12.6. The normalized spacial score (nSPS) is 25.7. The van der Waals surface area contributed by atoms with Crippen molar-refractivity contribution in [2.75, 3.05) is 13.2 Å². The van der Waals surface area contributed by atoms with Crippen molar-refractivity contribution >= 4 is 11.8 Å². The van der Waals surface area contributed by atoms with Crippen molar-refractivity contribution in [3.63, 3.8) is 0 Å². The van der Waals surface area contributed by atoms with Crippen molar-refractivity contribution in [1.82, 2.24) is 10.2 Å². The monoisotopic (exact) mass is 270 g/mol. The van der Waals surface area contributed by atoms with Gasteiger partial charge in [0.1, 0.15) is 12.1 Å². The Balaban J connectivity index is 2.86. The van der Waals surface area contributed by atoms with E-state index in [2.05, 4.69) is 5.32 Å². The zero-order valence-electron chi connectivity index (χ0n) is 12.6. The standard InChI is InChI=1S/C14H26N2O3/c1-6-11-13(17)15-12(9(3)4)14(18)16(11)8-10(5)19-7-2/h9-12H,6-8H2,1-5H3,(H,15,17). The van der Waals surface area contributed by atoms with E-state index in [4.69, 9.17) is 4.74 Å². The highest BCUT2D eigenvalue weighted by Crippen LogP contribution is 2.18. The molecule has 0 aliphatic carbocycles. The van der Waals surface area contributed by atoms with Crippen LogP contribution < -0.4 is 5.32 Å². The minimum atomic E-state index is -0.413. The van der Waals surface area contributed by atoms with Crippen LogP contribution in [-0.4, -0.2) is 48.1 Å². The number of carbonyl (C=O) groups is 2. The predicted molar refractivity (Wildman–Crippen MR) is 73.6 cm³/mol. The van der Waals surface area contributed by atoms with Gasteiger partial charge in [-0.15, -0.1) is 0 Å². The highest BCUT2D eigenvalue weighted by molar-refractivity contribution is 5.97. The van der Waals surface area contributed by atoms with E-state index in [1.165, 1.54) is 0 Å². The molecule has 0 aromatic carbocycles. The van der Waals surface area contributed by atoms with Crippen LogP contribution in [0.25, 0.3) is 0 Å². The van der Waals surface area contributed by atoms with Crippen LogP contribution >= 0.6 is 0 Å². The molecule has 0 radical (unpaired) electrons. The third kappa shape index (κ3) is 3.69. The maximum atomic E-state index is 12.5. The Kier molecular flexibility index (Phi) is 5.79. The molecule has 1 rings (SSSR count). The van der Waals surface area contributed by atoms with E-state index in [0.29, 0.717) is 19.6 Å². The molecule has 3 unspecified atom stereocenters. The SMILES string of the molecule is CCOC(C)CN1C(=O)C(C(C)C)NC(=O)C1CC. The van der Waals surface area contributed by atoms with Crippen LogP contribution in [0, 0.1) is 5.92 Å². The summed E-state index contributed by atoms with van der Waals surface area (Å²) in [5.41, 5.74) is 0. The fourth-order valence-electron chi connectivity index (χ4n) is 2.47. The maximum absolute atomic E-state index is 12.5. The van der Waals surface area contributed by atoms with Crippen molar-refractivity contribution in [2.45, 2.75) is 59.2 Å². The fourth-order valence-corrected chi connectivity index (χ4v) is 2.47. The van der Waals surface area contributed by atoms with E-state index < -0.39 is 6.04 Å². The second-order valence-corrected chi connectivity index (χ2v) is 5.41. The van der Waals surface area contributed by atoms with Crippen molar-refractivity contribution < 1.29 is 14.3 Å². The summed E-state index contributed by atoms with van der Waals surface area (Å²) >= 11 is 0. The summed E-state index contributed by atoms with van der Waals surface area (Å²) in [7, 11) is 0. The summed E-state index contributed by atoms with van der Waals surface area (Å²) in [5, 5.41) is 2.83. The van der Waals surface area contributed by atoms with Gasteiger partial charge in [-0.25, -0.2) is 0 Å². The molecule has 0 saturated carbocycles. The first-order valence-corrected chi connectivity index (χ1v) is 7.14. The molecule has 2 amide bonds. The molecule has 0 aromatic heterocycles. The van der Waals surface area contributed by atoms with E-state index in [1.807, 2.05) is 34.6 Å². The Morgan fingerprint density at radius 3 is 2.37 bits per heavy atom. The predicted octanol–water partition coefficient (Wildman–Crippen LogP) is 1.17. The number of hydrogen-bond acceptors (Lipinski definition) is 3. The second-order valence-electron chi connectivity index (χ2n) is 5.41. The number of ether oxygens (including phenoxy) is 1. The molecular formula is C14H26N2O3. The minimum absolute atomic E-state index is 0.00741. The lowest BCUT2D eigenvalue weighted by Gasteiger charge is -2.41. The molecule has 0 spiro atoms. The third-order valence-electron chi connectivity index (χ3n) is 3.48. The first-order valence-electron chi connectivity index (χ1n) is 7.14. The number of hydrogen-bond donors (Lipinski definition) is 1. The molecule has 0 bridgehead atoms. The van der Waals surface area contributed by atoms with Gasteiger partial charge in [-0.05, 0) is 26.2 Å². The number of carbonyl (C=O) groups excluding carboxylic acids is 2. The van der Waals surface area contributed by atoms with Gasteiger partial charge in [-0.1, -0.05) is 20.8 Å². The van der Waals surface area contributed by atoms with Crippen molar-refractivity contribution in [2.24, 2.45) is 5.92 Å². The summed E-state index contributed by atoms with van der Waals surface area (Å²) in [6, 6.07) is -0.783. The first-order chi connectivity index (χ1) is 8.92. The largest absolute Gasteiger partial charge is 0.377 e. The average Bonchev–Trinajstić information content (AvgIpc) is 2.33. The topological polar surface area (TPSA) is 58.6 Å². The molecule has 0 aromatic rings. The van der Waals surface area contributed by atoms with Crippen LogP contribution in [0.2, 0.25) is 0 Å². The Labute approximate surface area is 115 Å². The Morgan fingerprint density at radius 2 is 1.89 bits per heavy atom. The average molecular weight is 270 g/mol. The van der Waals surface area contributed by atoms with Gasteiger partial charge < -0.3 is 15.0 Å². The van der Waals surface area contributed by atoms with Gasteiger partial charge >= 0.3 is 0 Å². The number of amides is 2. The Hall–Kier alpha value is -1.10. The van der Waals surface area contributed by atoms with Crippen LogP contribution in [0.15, 0.2) is 0 Å². The van der Waals surface area contributed by atoms with E-state index in [9.17, 15) is 9.59 Å². The molecule has 1 aliphatic rings. The summed E-state index contributed by atoms with van der Waals surface area (Å²) in [6.07, 6.45) is 0.572. The summed E-state index contributed by atoms with van der Waals surface area (Å²) in [4.78, 5) is 26.3. The molecule has 19 heavy (non-hydrogen) atoms. The van der Waals surface area contributed by atoms with Crippen molar-refractivity contribution in [3.8, 4) is 0 Å². The Bertz CT molecular complexity index is 331. The highest BCUT2D eigenvalue weighted by atomic mass is 16.5. The van der Waals surface area contributed by atoms with Crippen LogP contribution in [0.5, 0.6) is 0 Å². The van der Waals surface area contributed by atoms with Gasteiger partial charge in [0.25, 0.3) is 0 Å². The highest BCUT2D eigenvalue weighted by Gasteiger charge is 2.41. The number of nitrogens with zero attached hydrogens (tertiary/aromatic N) is 1. The van der Waals surface area contributed by atoms with Gasteiger partial charge in [0.2, 0.25) is 11.8 Å². The quantitative estimate of drug-likeness (QED) is 0.788.